The van der Waals surface area contributed by atoms with E-state index >= 15 is 0 Å². The number of carbonyl (C=O) groups is 1. The van der Waals surface area contributed by atoms with E-state index in [1.54, 1.807) is 9.91 Å². The third-order valence-electron chi connectivity index (χ3n) is 1.74. The standard InChI is InChI=1S/C10H19N3O2/c1-10(2,3)15-9(14)13-6-8(7-13)11-12(4)5/h6-7H2,1-5H3. The normalized spacial score (nSPS) is 15.8. The number of hydrogen-bond acceptors (Lipinski definition) is 4. The number of hydrazone groups is 1. The van der Waals surface area contributed by atoms with Gasteiger partial charge in [-0.05, 0) is 20.8 Å². The van der Waals surface area contributed by atoms with Crippen molar-refractivity contribution < 1.29 is 9.53 Å². The van der Waals surface area contributed by atoms with Gasteiger partial charge >= 0.3 is 6.09 Å². The zero-order valence-electron chi connectivity index (χ0n) is 10.1. The molecule has 0 spiro atoms. The van der Waals surface area contributed by atoms with Crippen molar-refractivity contribution in [2.45, 2.75) is 26.4 Å². The van der Waals surface area contributed by atoms with Gasteiger partial charge in [0.15, 0.2) is 0 Å². The summed E-state index contributed by atoms with van der Waals surface area (Å²) in [7, 11) is 3.73. The minimum Gasteiger partial charge on any atom is -0.444 e. The topological polar surface area (TPSA) is 45.1 Å². The first-order valence-electron chi connectivity index (χ1n) is 4.99. The van der Waals surface area contributed by atoms with Gasteiger partial charge in [-0.3, -0.25) is 4.90 Å². The van der Waals surface area contributed by atoms with Crippen molar-refractivity contribution in [2.24, 2.45) is 5.10 Å². The lowest BCUT2D eigenvalue weighted by Gasteiger charge is -2.34. The lowest BCUT2D eigenvalue weighted by Crippen LogP contribution is -2.52. The van der Waals surface area contributed by atoms with E-state index in [1.165, 1.54) is 0 Å². The van der Waals surface area contributed by atoms with Gasteiger partial charge in [0, 0.05) is 14.1 Å². The van der Waals surface area contributed by atoms with Crippen LogP contribution in [0.3, 0.4) is 0 Å². The van der Waals surface area contributed by atoms with Gasteiger partial charge in [0.2, 0.25) is 0 Å². The Morgan fingerprint density at radius 1 is 1.40 bits per heavy atom. The molecule has 1 saturated heterocycles. The van der Waals surface area contributed by atoms with E-state index in [1.807, 2.05) is 34.9 Å². The Kier molecular flexibility index (Phi) is 3.21. The van der Waals surface area contributed by atoms with E-state index in [0.717, 1.165) is 5.71 Å². The highest BCUT2D eigenvalue weighted by molar-refractivity contribution is 5.98. The SMILES string of the molecule is CN(C)N=C1CN(C(=O)OC(C)(C)C)C1. The number of ether oxygens (including phenoxy) is 1. The molecule has 0 radical (unpaired) electrons. The van der Waals surface area contributed by atoms with Gasteiger partial charge in [-0.2, -0.15) is 5.10 Å². The van der Waals surface area contributed by atoms with Crippen LogP contribution in [0.1, 0.15) is 20.8 Å². The first-order valence-corrected chi connectivity index (χ1v) is 4.99. The van der Waals surface area contributed by atoms with E-state index in [4.69, 9.17) is 4.74 Å². The minimum absolute atomic E-state index is 0.264. The molecule has 0 atom stereocenters. The van der Waals surface area contributed by atoms with Gasteiger partial charge in [-0.15, -0.1) is 0 Å². The largest absolute Gasteiger partial charge is 0.444 e. The van der Waals surface area contributed by atoms with Crippen molar-refractivity contribution in [3.8, 4) is 0 Å². The maximum absolute atomic E-state index is 11.5. The van der Waals surface area contributed by atoms with Crippen molar-refractivity contribution in [3.63, 3.8) is 0 Å². The highest BCUT2D eigenvalue weighted by Crippen LogP contribution is 2.13. The summed E-state index contributed by atoms with van der Waals surface area (Å²) >= 11 is 0. The van der Waals surface area contributed by atoms with Crippen LogP contribution in [0, 0.1) is 0 Å². The molecule has 0 saturated carbocycles. The summed E-state index contributed by atoms with van der Waals surface area (Å²) in [6.45, 7) is 6.73. The zero-order chi connectivity index (χ0) is 11.6. The Morgan fingerprint density at radius 2 is 1.93 bits per heavy atom. The number of carbonyl (C=O) groups excluding carboxylic acids is 1. The highest BCUT2D eigenvalue weighted by atomic mass is 16.6. The van der Waals surface area contributed by atoms with Gasteiger partial charge in [0.25, 0.3) is 0 Å². The molecule has 0 aromatic rings. The zero-order valence-corrected chi connectivity index (χ0v) is 10.1. The van der Waals surface area contributed by atoms with Crippen LogP contribution in [-0.2, 0) is 4.74 Å². The molecular weight excluding hydrogens is 194 g/mol. The lowest BCUT2D eigenvalue weighted by atomic mass is 10.2. The van der Waals surface area contributed by atoms with E-state index < -0.39 is 5.60 Å². The van der Waals surface area contributed by atoms with Crippen molar-refractivity contribution in [1.82, 2.24) is 9.91 Å². The number of likely N-dealkylation sites (tertiary alicyclic amines) is 1. The van der Waals surface area contributed by atoms with Crippen LogP contribution in [0.5, 0.6) is 0 Å². The molecule has 0 bridgehead atoms. The molecule has 0 aromatic heterocycles. The summed E-state index contributed by atoms with van der Waals surface area (Å²) in [6, 6.07) is 0. The molecule has 0 unspecified atom stereocenters. The predicted molar refractivity (Wildman–Crippen MR) is 58.9 cm³/mol. The molecule has 1 amide bonds. The molecule has 1 heterocycles. The number of rotatable bonds is 1. The number of nitrogens with zero attached hydrogens (tertiary/aromatic N) is 3. The van der Waals surface area contributed by atoms with Gasteiger partial charge in [-0.25, -0.2) is 4.79 Å². The van der Waals surface area contributed by atoms with Gasteiger partial charge in [-0.1, -0.05) is 0 Å². The molecular formula is C10H19N3O2. The quantitative estimate of drug-likeness (QED) is 0.614. The summed E-state index contributed by atoms with van der Waals surface area (Å²) in [5, 5.41) is 5.95. The average Bonchev–Trinajstić information content (AvgIpc) is 1.91. The van der Waals surface area contributed by atoms with Crippen LogP contribution >= 0.6 is 0 Å². The maximum Gasteiger partial charge on any atom is 0.410 e. The molecule has 5 nitrogen and oxygen atoms in total. The van der Waals surface area contributed by atoms with Crippen LogP contribution in [0.25, 0.3) is 0 Å². The first-order chi connectivity index (χ1) is 6.78. The van der Waals surface area contributed by atoms with Gasteiger partial charge < -0.3 is 9.75 Å². The fraction of sp³-hybridized carbons (Fsp3) is 0.800. The Morgan fingerprint density at radius 3 is 2.33 bits per heavy atom. The maximum atomic E-state index is 11.5. The van der Waals surface area contributed by atoms with E-state index in [-0.39, 0.29) is 6.09 Å². The fourth-order valence-corrected chi connectivity index (χ4v) is 1.20. The molecule has 0 aliphatic carbocycles. The molecule has 1 rings (SSSR count). The van der Waals surface area contributed by atoms with Crippen LogP contribution in [0.2, 0.25) is 0 Å². The predicted octanol–water partition coefficient (Wildman–Crippen LogP) is 1.15. The minimum atomic E-state index is -0.425. The third kappa shape index (κ3) is 3.77. The number of hydrogen-bond donors (Lipinski definition) is 0. The molecule has 1 fully saturated rings. The third-order valence-corrected chi connectivity index (χ3v) is 1.74. The molecule has 1 aliphatic rings. The fourth-order valence-electron chi connectivity index (χ4n) is 1.20. The van der Waals surface area contributed by atoms with Crippen LogP contribution < -0.4 is 0 Å². The molecule has 15 heavy (non-hydrogen) atoms. The van der Waals surface area contributed by atoms with Gasteiger partial charge in [0.05, 0.1) is 18.8 Å². The molecule has 1 aliphatic heterocycles. The summed E-state index contributed by atoms with van der Waals surface area (Å²) in [4.78, 5) is 13.1. The molecule has 86 valence electrons. The lowest BCUT2D eigenvalue weighted by molar-refractivity contribution is 0.0262. The summed E-state index contributed by atoms with van der Waals surface area (Å²) in [5.74, 6) is 0. The first kappa shape index (κ1) is 11.8. The van der Waals surface area contributed by atoms with E-state index in [9.17, 15) is 4.79 Å². The van der Waals surface area contributed by atoms with Crippen LogP contribution in [-0.4, -0.2) is 54.5 Å². The highest BCUT2D eigenvalue weighted by Gasteiger charge is 2.30. The van der Waals surface area contributed by atoms with Crippen LogP contribution in [0.15, 0.2) is 5.10 Å². The summed E-state index contributed by atoms with van der Waals surface area (Å²) in [5.41, 5.74) is 0.580. The molecule has 0 N–H and O–H groups in total. The second kappa shape index (κ2) is 4.08. The Labute approximate surface area is 90.7 Å². The van der Waals surface area contributed by atoms with E-state index in [0.29, 0.717) is 13.1 Å². The molecule has 0 aromatic carbocycles. The van der Waals surface area contributed by atoms with E-state index in [2.05, 4.69) is 5.10 Å². The average molecular weight is 213 g/mol. The van der Waals surface area contributed by atoms with Gasteiger partial charge in [0.1, 0.15) is 5.60 Å². The molecule has 5 heteroatoms. The second-order valence-electron chi connectivity index (χ2n) is 4.85. The second-order valence-corrected chi connectivity index (χ2v) is 4.85. The Hall–Kier alpha value is -1.26. The van der Waals surface area contributed by atoms with Crippen molar-refractivity contribution in [2.75, 3.05) is 27.2 Å². The van der Waals surface area contributed by atoms with Crippen LogP contribution in [0.4, 0.5) is 4.79 Å². The Bertz CT molecular complexity index is 271. The van der Waals surface area contributed by atoms with Crippen molar-refractivity contribution in [3.05, 3.63) is 0 Å². The summed E-state index contributed by atoms with van der Waals surface area (Å²) in [6.07, 6.45) is -0.264. The monoisotopic (exact) mass is 213 g/mol. The smallest absolute Gasteiger partial charge is 0.410 e. The van der Waals surface area contributed by atoms with Crippen molar-refractivity contribution in [1.29, 1.82) is 0 Å². The Balaban J connectivity index is 2.36. The summed E-state index contributed by atoms with van der Waals surface area (Å²) < 4.78 is 5.21. The number of amides is 1. The van der Waals surface area contributed by atoms with Crippen molar-refractivity contribution >= 4 is 11.8 Å².